The number of halogens is 3. The summed E-state index contributed by atoms with van der Waals surface area (Å²) in [6.07, 6.45) is -4.81. The molecule has 3 rings (SSSR count). The first-order valence-electron chi connectivity index (χ1n) is 8.78. The van der Waals surface area contributed by atoms with Crippen LogP contribution in [0.3, 0.4) is 0 Å². The van der Waals surface area contributed by atoms with E-state index in [1.807, 2.05) is 6.07 Å². The third-order valence-corrected chi connectivity index (χ3v) is 4.88. The molecule has 8 heteroatoms. The number of hydrogen-bond acceptors (Lipinski definition) is 4. The summed E-state index contributed by atoms with van der Waals surface area (Å²) in [7, 11) is 0. The maximum atomic E-state index is 12.5. The fourth-order valence-corrected chi connectivity index (χ4v) is 3.41. The van der Waals surface area contributed by atoms with E-state index in [1.165, 1.54) is 23.9 Å². The average Bonchev–Trinajstić information content (AvgIpc) is 2.72. The highest BCUT2D eigenvalue weighted by Gasteiger charge is 2.31. The van der Waals surface area contributed by atoms with Gasteiger partial charge >= 0.3 is 6.36 Å². The first kappa shape index (κ1) is 21.4. The van der Waals surface area contributed by atoms with E-state index >= 15 is 0 Å². The quantitative estimate of drug-likeness (QED) is 0.379. The summed E-state index contributed by atoms with van der Waals surface area (Å²) in [5.41, 5.74) is 1.09. The first-order valence-corrected chi connectivity index (χ1v) is 9.77. The number of ether oxygens (including phenoxy) is 1. The zero-order valence-corrected chi connectivity index (χ0v) is 16.3. The van der Waals surface area contributed by atoms with Crippen molar-refractivity contribution in [1.29, 1.82) is 0 Å². The monoisotopic (exact) mass is 431 g/mol. The number of Topliss-reactive ketones (excluding diaryl/α,β-unsaturated/α-hetero) is 1. The summed E-state index contributed by atoms with van der Waals surface area (Å²) >= 11 is 1.30. The first-order chi connectivity index (χ1) is 14.3. The van der Waals surface area contributed by atoms with Gasteiger partial charge in [-0.25, -0.2) is 0 Å². The number of amides is 1. The molecule has 154 valence electrons. The van der Waals surface area contributed by atoms with Crippen molar-refractivity contribution in [3.63, 3.8) is 0 Å². The highest BCUT2D eigenvalue weighted by Crippen LogP contribution is 2.26. The van der Waals surface area contributed by atoms with Gasteiger partial charge < -0.3 is 10.1 Å². The van der Waals surface area contributed by atoms with E-state index in [2.05, 4.69) is 10.1 Å². The maximum absolute atomic E-state index is 12.5. The van der Waals surface area contributed by atoms with Crippen molar-refractivity contribution in [3.05, 3.63) is 90.0 Å². The van der Waals surface area contributed by atoms with Crippen LogP contribution in [-0.2, 0) is 0 Å². The van der Waals surface area contributed by atoms with E-state index in [9.17, 15) is 22.8 Å². The van der Waals surface area contributed by atoms with Crippen molar-refractivity contribution in [2.75, 3.05) is 11.1 Å². The van der Waals surface area contributed by atoms with Crippen LogP contribution in [0.4, 0.5) is 18.9 Å². The maximum Gasteiger partial charge on any atom is 0.573 e. The predicted octanol–water partition coefficient (Wildman–Crippen LogP) is 5.81. The standard InChI is InChI=1S/C22H16F3NO3S/c23-22(24,25)29-18-10-5-9-17(13-18)26-21(28)16-8-4-11-19(12-16)30-14-20(27)15-6-2-1-3-7-15/h1-13H,14H2,(H,26,28). The number of ketones is 1. The van der Waals surface area contributed by atoms with Crippen LogP contribution in [0.25, 0.3) is 0 Å². The third-order valence-electron chi connectivity index (χ3n) is 3.89. The number of nitrogens with one attached hydrogen (secondary N) is 1. The van der Waals surface area contributed by atoms with E-state index < -0.39 is 18.0 Å². The molecule has 4 nitrogen and oxygen atoms in total. The smallest absolute Gasteiger partial charge is 0.406 e. The Balaban J connectivity index is 1.63. The van der Waals surface area contributed by atoms with Gasteiger partial charge in [-0.05, 0) is 30.3 Å². The molecule has 3 aromatic carbocycles. The second kappa shape index (κ2) is 9.49. The molecule has 0 aliphatic heterocycles. The molecular formula is C22H16F3NO3S. The van der Waals surface area contributed by atoms with Crippen molar-refractivity contribution in [1.82, 2.24) is 0 Å². The highest BCUT2D eigenvalue weighted by atomic mass is 32.2. The number of anilines is 1. The summed E-state index contributed by atoms with van der Waals surface area (Å²) in [5, 5.41) is 2.54. The zero-order valence-electron chi connectivity index (χ0n) is 15.5. The van der Waals surface area contributed by atoms with Crippen LogP contribution >= 0.6 is 11.8 Å². The summed E-state index contributed by atoms with van der Waals surface area (Å²) in [5.74, 6) is -0.733. The molecule has 0 bridgehead atoms. The molecule has 1 N–H and O–H groups in total. The Morgan fingerprint density at radius 1 is 0.867 bits per heavy atom. The number of alkyl halides is 3. The van der Waals surface area contributed by atoms with Gasteiger partial charge in [-0.1, -0.05) is 42.5 Å². The van der Waals surface area contributed by atoms with Crippen LogP contribution in [0.5, 0.6) is 5.75 Å². The second-order valence-electron chi connectivity index (χ2n) is 6.14. The molecule has 0 spiro atoms. The minimum Gasteiger partial charge on any atom is -0.406 e. The van der Waals surface area contributed by atoms with E-state index in [4.69, 9.17) is 0 Å². The van der Waals surface area contributed by atoms with Crippen molar-refractivity contribution < 1.29 is 27.5 Å². The number of hydrogen-bond donors (Lipinski definition) is 1. The Morgan fingerprint density at radius 3 is 2.30 bits per heavy atom. The zero-order chi connectivity index (χ0) is 21.6. The summed E-state index contributed by atoms with van der Waals surface area (Å²) < 4.78 is 40.9. The lowest BCUT2D eigenvalue weighted by molar-refractivity contribution is -0.274. The fourth-order valence-electron chi connectivity index (χ4n) is 2.56. The van der Waals surface area contributed by atoms with Crippen molar-refractivity contribution in [2.45, 2.75) is 11.3 Å². The van der Waals surface area contributed by atoms with Gasteiger partial charge in [0, 0.05) is 27.8 Å². The van der Waals surface area contributed by atoms with E-state index in [1.54, 1.807) is 48.5 Å². The van der Waals surface area contributed by atoms with Crippen molar-refractivity contribution in [2.24, 2.45) is 0 Å². The topological polar surface area (TPSA) is 55.4 Å². The van der Waals surface area contributed by atoms with Crippen LogP contribution in [0.2, 0.25) is 0 Å². The number of thioether (sulfide) groups is 1. The lowest BCUT2D eigenvalue weighted by Crippen LogP contribution is -2.17. The number of benzene rings is 3. The third kappa shape index (κ3) is 6.38. The molecule has 30 heavy (non-hydrogen) atoms. The molecule has 0 unspecified atom stereocenters. The van der Waals surface area contributed by atoms with Gasteiger partial charge in [0.15, 0.2) is 5.78 Å². The van der Waals surface area contributed by atoms with Crippen LogP contribution in [0, 0.1) is 0 Å². The Kier molecular flexibility index (Phi) is 6.79. The Hall–Kier alpha value is -3.26. The second-order valence-corrected chi connectivity index (χ2v) is 7.18. The minimum absolute atomic E-state index is 0.0306. The Labute approximate surface area is 175 Å². The van der Waals surface area contributed by atoms with E-state index in [0.29, 0.717) is 11.1 Å². The van der Waals surface area contributed by atoms with Gasteiger partial charge in [-0.3, -0.25) is 9.59 Å². The van der Waals surface area contributed by atoms with E-state index in [-0.39, 0.29) is 17.2 Å². The molecule has 0 radical (unpaired) electrons. The molecule has 0 aliphatic rings. The number of carbonyl (C=O) groups is 2. The van der Waals surface area contributed by atoms with E-state index in [0.717, 1.165) is 17.0 Å². The molecular weight excluding hydrogens is 415 g/mol. The molecule has 3 aromatic rings. The van der Waals surface area contributed by atoms with Gasteiger partial charge in [-0.2, -0.15) is 0 Å². The minimum atomic E-state index is -4.81. The molecule has 0 aliphatic carbocycles. The van der Waals surface area contributed by atoms with Gasteiger partial charge in [0.2, 0.25) is 0 Å². The molecule has 0 atom stereocenters. The summed E-state index contributed by atoms with van der Waals surface area (Å²) in [6, 6.07) is 20.6. The molecule has 0 saturated heterocycles. The lowest BCUT2D eigenvalue weighted by Gasteiger charge is -2.11. The van der Waals surface area contributed by atoms with Crippen molar-refractivity contribution in [3.8, 4) is 5.75 Å². The van der Waals surface area contributed by atoms with Crippen LogP contribution in [0.1, 0.15) is 20.7 Å². The van der Waals surface area contributed by atoms with Crippen LogP contribution in [0.15, 0.2) is 83.8 Å². The summed E-state index contributed by atoms with van der Waals surface area (Å²) in [4.78, 5) is 25.4. The fraction of sp³-hybridized carbons (Fsp3) is 0.0909. The number of rotatable bonds is 7. The SMILES string of the molecule is O=C(CSc1cccc(C(=O)Nc2cccc(OC(F)(F)F)c2)c1)c1ccccc1. The Bertz CT molecular complexity index is 1040. The van der Waals surface area contributed by atoms with Gasteiger partial charge in [-0.15, -0.1) is 24.9 Å². The molecule has 0 aromatic heterocycles. The normalized spacial score (nSPS) is 11.0. The Morgan fingerprint density at radius 2 is 1.57 bits per heavy atom. The average molecular weight is 431 g/mol. The number of carbonyl (C=O) groups excluding carboxylic acids is 2. The van der Waals surface area contributed by atoms with Gasteiger partial charge in [0.05, 0.1) is 5.75 Å². The lowest BCUT2D eigenvalue weighted by atomic mass is 10.2. The van der Waals surface area contributed by atoms with Crippen molar-refractivity contribution >= 4 is 29.1 Å². The summed E-state index contributed by atoms with van der Waals surface area (Å²) in [6.45, 7) is 0. The van der Waals surface area contributed by atoms with Gasteiger partial charge in [0.1, 0.15) is 5.75 Å². The largest absolute Gasteiger partial charge is 0.573 e. The predicted molar refractivity (Wildman–Crippen MR) is 109 cm³/mol. The molecule has 1 amide bonds. The highest BCUT2D eigenvalue weighted by molar-refractivity contribution is 8.00. The van der Waals surface area contributed by atoms with Crippen LogP contribution in [-0.4, -0.2) is 23.8 Å². The van der Waals surface area contributed by atoms with Gasteiger partial charge in [0.25, 0.3) is 5.91 Å². The molecule has 0 saturated carbocycles. The molecule has 0 fully saturated rings. The van der Waals surface area contributed by atoms with Crippen LogP contribution < -0.4 is 10.1 Å². The molecule has 0 heterocycles.